The van der Waals surface area contributed by atoms with E-state index in [-0.39, 0.29) is 5.91 Å². The fraction of sp³-hybridized carbons (Fsp3) is 0.0625. The van der Waals surface area contributed by atoms with Crippen LogP contribution in [0.15, 0.2) is 59.2 Å². The molecule has 0 fully saturated rings. The molecule has 0 unspecified atom stereocenters. The molecular formula is C16H13BrN2O. The second-order valence-electron chi connectivity index (χ2n) is 4.63. The zero-order chi connectivity index (χ0) is 13.9. The Bertz CT molecular complexity index is 764. The van der Waals surface area contributed by atoms with Crippen molar-refractivity contribution in [2.75, 3.05) is 5.32 Å². The van der Waals surface area contributed by atoms with Gasteiger partial charge in [-0.25, -0.2) is 0 Å². The van der Waals surface area contributed by atoms with Crippen molar-refractivity contribution in [2.45, 2.75) is 6.42 Å². The number of H-pyrrole nitrogens is 1. The van der Waals surface area contributed by atoms with Crippen molar-refractivity contribution in [1.29, 1.82) is 0 Å². The SMILES string of the molecule is O=C(Cc1ccc2[nH]ccc2c1)Nc1cccc(Br)c1. The summed E-state index contributed by atoms with van der Waals surface area (Å²) in [5.74, 6) is -0.0158. The Kier molecular flexibility index (Phi) is 3.56. The second-order valence-corrected chi connectivity index (χ2v) is 5.55. The van der Waals surface area contributed by atoms with E-state index < -0.39 is 0 Å². The molecule has 1 amide bonds. The van der Waals surface area contributed by atoms with Gasteiger partial charge in [-0.1, -0.05) is 28.1 Å². The molecule has 4 heteroatoms. The number of hydrogen-bond donors (Lipinski definition) is 2. The number of hydrogen-bond acceptors (Lipinski definition) is 1. The van der Waals surface area contributed by atoms with Gasteiger partial charge in [-0.2, -0.15) is 0 Å². The molecule has 3 rings (SSSR count). The summed E-state index contributed by atoms with van der Waals surface area (Å²) in [6.07, 6.45) is 2.27. The van der Waals surface area contributed by atoms with Gasteiger partial charge in [-0.3, -0.25) is 4.79 Å². The molecular weight excluding hydrogens is 316 g/mol. The molecule has 0 saturated carbocycles. The first-order valence-corrected chi connectivity index (χ1v) is 7.11. The van der Waals surface area contributed by atoms with Gasteiger partial charge in [0.1, 0.15) is 0 Å². The Labute approximate surface area is 125 Å². The molecule has 0 bridgehead atoms. The number of carbonyl (C=O) groups excluding carboxylic acids is 1. The van der Waals surface area contributed by atoms with E-state index in [0.717, 1.165) is 26.6 Å². The molecule has 2 N–H and O–H groups in total. The van der Waals surface area contributed by atoms with Crippen LogP contribution in [-0.4, -0.2) is 10.9 Å². The monoisotopic (exact) mass is 328 g/mol. The third-order valence-electron chi connectivity index (χ3n) is 3.09. The number of halogens is 1. The van der Waals surface area contributed by atoms with Crippen LogP contribution in [0.4, 0.5) is 5.69 Å². The minimum Gasteiger partial charge on any atom is -0.361 e. The zero-order valence-electron chi connectivity index (χ0n) is 10.7. The standard InChI is InChI=1S/C16H13BrN2O/c17-13-2-1-3-14(10-13)19-16(20)9-11-4-5-15-12(8-11)6-7-18-15/h1-8,10,18H,9H2,(H,19,20). The number of amides is 1. The maximum absolute atomic E-state index is 12.0. The van der Waals surface area contributed by atoms with Gasteiger partial charge in [0, 0.05) is 21.9 Å². The highest BCUT2D eigenvalue weighted by Crippen LogP contribution is 2.17. The molecule has 3 aromatic rings. The number of anilines is 1. The average molecular weight is 329 g/mol. The average Bonchev–Trinajstić information content (AvgIpc) is 2.86. The molecule has 0 atom stereocenters. The molecule has 2 aromatic carbocycles. The molecule has 100 valence electrons. The van der Waals surface area contributed by atoms with Gasteiger partial charge in [0.15, 0.2) is 0 Å². The lowest BCUT2D eigenvalue weighted by molar-refractivity contribution is -0.115. The van der Waals surface area contributed by atoms with Crippen LogP contribution in [0.1, 0.15) is 5.56 Å². The van der Waals surface area contributed by atoms with Crippen molar-refractivity contribution < 1.29 is 4.79 Å². The summed E-state index contributed by atoms with van der Waals surface area (Å²) in [7, 11) is 0. The highest BCUT2D eigenvalue weighted by atomic mass is 79.9. The molecule has 3 nitrogen and oxygen atoms in total. The highest BCUT2D eigenvalue weighted by molar-refractivity contribution is 9.10. The summed E-state index contributed by atoms with van der Waals surface area (Å²) < 4.78 is 0.948. The number of benzene rings is 2. The van der Waals surface area contributed by atoms with Gasteiger partial charge in [-0.05, 0) is 47.3 Å². The fourth-order valence-electron chi connectivity index (χ4n) is 2.17. The van der Waals surface area contributed by atoms with Gasteiger partial charge in [0.25, 0.3) is 0 Å². The second kappa shape index (κ2) is 5.51. The number of fused-ring (bicyclic) bond motifs is 1. The number of aromatic amines is 1. The number of rotatable bonds is 3. The fourth-order valence-corrected chi connectivity index (χ4v) is 2.57. The lowest BCUT2D eigenvalue weighted by Gasteiger charge is -2.06. The lowest BCUT2D eigenvalue weighted by atomic mass is 10.1. The Morgan fingerprint density at radius 3 is 2.90 bits per heavy atom. The van der Waals surface area contributed by atoms with Gasteiger partial charge >= 0.3 is 0 Å². The highest BCUT2D eigenvalue weighted by Gasteiger charge is 2.05. The quantitative estimate of drug-likeness (QED) is 0.746. The first kappa shape index (κ1) is 12.9. The van der Waals surface area contributed by atoms with Crippen molar-refractivity contribution in [3.05, 3.63) is 64.8 Å². The van der Waals surface area contributed by atoms with E-state index in [1.54, 1.807) is 0 Å². The maximum atomic E-state index is 12.0. The summed E-state index contributed by atoms with van der Waals surface area (Å²) in [6.45, 7) is 0. The third-order valence-corrected chi connectivity index (χ3v) is 3.58. The minimum absolute atomic E-state index is 0.0158. The van der Waals surface area contributed by atoms with E-state index in [2.05, 4.69) is 26.2 Å². The molecule has 0 saturated heterocycles. The van der Waals surface area contributed by atoms with Crippen molar-refractivity contribution in [1.82, 2.24) is 4.98 Å². The summed E-state index contributed by atoms with van der Waals surface area (Å²) in [5, 5.41) is 4.02. The molecule has 20 heavy (non-hydrogen) atoms. The van der Waals surface area contributed by atoms with Crippen molar-refractivity contribution in [2.24, 2.45) is 0 Å². The van der Waals surface area contributed by atoms with E-state index >= 15 is 0 Å². The number of nitrogens with one attached hydrogen (secondary N) is 2. The lowest BCUT2D eigenvalue weighted by Crippen LogP contribution is -2.14. The van der Waals surface area contributed by atoms with Gasteiger partial charge in [0.2, 0.25) is 5.91 Å². The predicted molar refractivity (Wildman–Crippen MR) is 84.8 cm³/mol. The Hall–Kier alpha value is -2.07. The van der Waals surface area contributed by atoms with Crippen molar-refractivity contribution in [3.8, 4) is 0 Å². The van der Waals surface area contributed by atoms with Crippen LogP contribution < -0.4 is 5.32 Å². The van der Waals surface area contributed by atoms with E-state index in [1.807, 2.05) is 54.7 Å². The maximum Gasteiger partial charge on any atom is 0.228 e. The van der Waals surface area contributed by atoms with Gasteiger partial charge in [0.05, 0.1) is 6.42 Å². The van der Waals surface area contributed by atoms with Crippen LogP contribution >= 0.6 is 15.9 Å². The van der Waals surface area contributed by atoms with Crippen LogP contribution in [0.5, 0.6) is 0 Å². The zero-order valence-corrected chi connectivity index (χ0v) is 12.3. The van der Waals surface area contributed by atoms with Crippen molar-refractivity contribution >= 4 is 38.4 Å². The normalized spacial score (nSPS) is 10.7. The van der Waals surface area contributed by atoms with E-state index in [4.69, 9.17) is 0 Å². The predicted octanol–water partition coefficient (Wildman–Crippen LogP) is 4.11. The molecule has 0 radical (unpaired) electrons. The van der Waals surface area contributed by atoms with Crippen molar-refractivity contribution in [3.63, 3.8) is 0 Å². The van der Waals surface area contributed by atoms with E-state index in [0.29, 0.717) is 6.42 Å². The topological polar surface area (TPSA) is 44.9 Å². The summed E-state index contributed by atoms with van der Waals surface area (Å²) >= 11 is 3.39. The summed E-state index contributed by atoms with van der Waals surface area (Å²) in [6, 6.07) is 15.6. The molecule has 0 aliphatic heterocycles. The number of aromatic nitrogens is 1. The molecule has 0 aliphatic carbocycles. The van der Waals surface area contributed by atoms with Gasteiger partial charge < -0.3 is 10.3 Å². The first-order chi connectivity index (χ1) is 9.70. The Morgan fingerprint density at radius 2 is 2.05 bits per heavy atom. The number of carbonyl (C=O) groups is 1. The first-order valence-electron chi connectivity index (χ1n) is 6.32. The van der Waals surface area contributed by atoms with E-state index in [1.165, 1.54) is 0 Å². The Balaban J connectivity index is 1.72. The van der Waals surface area contributed by atoms with Gasteiger partial charge in [-0.15, -0.1) is 0 Å². The molecule has 0 spiro atoms. The Morgan fingerprint density at radius 1 is 1.15 bits per heavy atom. The minimum atomic E-state index is -0.0158. The van der Waals surface area contributed by atoms with Crippen LogP contribution in [0.2, 0.25) is 0 Å². The van der Waals surface area contributed by atoms with Crippen LogP contribution in [0.3, 0.4) is 0 Å². The molecule has 1 aromatic heterocycles. The van der Waals surface area contributed by atoms with Crippen LogP contribution in [0, 0.1) is 0 Å². The summed E-state index contributed by atoms with van der Waals surface area (Å²) in [5.41, 5.74) is 2.89. The molecule has 1 heterocycles. The third kappa shape index (κ3) is 2.91. The van der Waals surface area contributed by atoms with E-state index in [9.17, 15) is 4.79 Å². The van der Waals surface area contributed by atoms with Crippen LogP contribution in [0.25, 0.3) is 10.9 Å². The summed E-state index contributed by atoms with van der Waals surface area (Å²) in [4.78, 5) is 15.2. The van der Waals surface area contributed by atoms with Crippen LogP contribution in [-0.2, 0) is 11.2 Å². The smallest absolute Gasteiger partial charge is 0.228 e. The largest absolute Gasteiger partial charge is 0.361 e. The molecule has 0 aliphatic rings.